The van der Waals surface area contributed by atoms with Crippen LogP contribution in [0.25, 0.3) is 28.1 Å². The van der Waals surface area contributed by atoms with E-state index in [1.54, 1.807) is 6.08 Å². The molecular formula is C43H38F18N6O6. The molecule has 0 aliphatic carbocycles. The minimum Gasteiger partial charge on any atom is -0.475 e. The van der Waals surface area contributed by atoms with Gasteiger partial charge in [-0.2, -0.15) is 79.0 Å². The summed E-state index contributed by atoms with van der Waals surface area (Å²) in [4.78, 5) is 47.4. The van der Waals surface area contributed by atoms with Gasteiger partial charge in [0.2, 0.25) is 0 Å². The molecule has 6 rings (SSSR count). The summed E-state index contributed by atoms with van der Waals surface area (Å²) in [5.41, 5.74) is -6.09. The normalized spacial score (nSPS) is 16.1. The summed E-state index contributed by atoms with van der Waals surface area (Å²) < 4.78 is 221. The predicted octanol–water partition coefficient (Wildman–Crippen LogP) is 12.3. The van der Waals surface area contributed by atoms with E-state index in [9.17, 15) is 88.9 Å². The van der Waals surface area contributed by atoms with Crippen molar-refractivity contribution in [3.63, 3.8) is 0 Å². The summed E-state index contributed by atoms with van der Waals surface area (Å²) in [5, 5.41) is 26.9. The number of benzene rings is 2. The summed E-state index contributed by atoms with van der Waals surface area (Å²) in [7, 11) is 0. The van der Waals surface area contributed by atoms with Crippen molar-refractivity contribution in [2.75, 3.05) is 19.6 Å². The Balaban J connectivity index is 0.000000310. The number of aliphatic carboxylic acids is 2. The lowest BCUT2D eigenvalue weighted by molar-refractivity contribution is -0.193. The molecule has 2 aliphatic rings. The van der Waals surface area contributed by atoms with Gasteiger partial charge < -0.3 is 25.5 Å². The molecule has 0 bridgehead atoms. The number of carbonyl (C=O) groups is 3. The van der Waals surface area contributed by atoms with Gasteiger partial charge in [0.05, 0.1) is 33.6 Å². The highest BCUT2D eigenvalue weighted by atomic mass is 19.4. The van der Waals surface area contributed by atoms with Crippen LogP contribution in [-0.2, 0) is 34.3 Å². The Morgan fingerprint density at radius 1 is 0.575 bits per heavy atom. The van der Waals surface area contributed by atoms with Crippen LogP contribution in [0.3, 0.4) is 0 Å². The van der Waals surface area contributed by atoms with Crippen LogP contribution >= 0.6 is 0 Å². The first-order valence-corrected chi connectivity index (χ1v) is 20.4. The fourth-order valence-corrected chi connectivity index (χ4v) is 6.60. The van der Waals surface area contributed by atoms with E-state index in [1.807, 2.05) is 20.8 Å². The second-order valence-electron chi connectivity index (χ2n) is 16.5. The number of carboxylic acid groups (broad SMARTS) is 3. The van der Waals surface area contributed by atoms with Crippen molar-refractivity contribution >= 4 is 23.6 Å². The van der Waals surface area contributed by atoms with Crippen LogP contribution in [0, 0.1) is 5.41 Å². The Morgan fingerprint density at radius 3 is 1.29 bits per heavy atom. The lowest BCUT2D eigenvalue weighted by Gasteiger charge is -2.41. The summed E-state index contributed by atoms with van der Waals surface area (Å²) in [6.45, 7) is 7.20. The zero-order valence-electron chi connectivity index (χ0n) is 37.4. The van der Waals surface area contributed by atoms with Crippen LogP contribution in [0.1, 0.15) is 79.9 Å². The maximum Gasteiger partial charge on any atom is 0.490 e. The highest BCUT2D eigenvalue weighted by molar-refractivity contribution is 5.74. The number of nitrogens with zero attached hydrogens (tertiary/aromatic N) is 5. The molecule has 2 aromatic carbocycles. The Kier molecular flexibility index (Phi) is 19.1. The number of alkyl halides is 18. The molecule has 1 unspecified atom stereocenters. The maximum absolute atomic E-state index is 13.2. The monoisotopic (exact) mass is 1080 g/mol. The number of amides is 1. The van der Waals surface area contributed by atoms with Gasteiger partial charge in [0.25, 0.3) is 0 Å². The summed E-state index contributed by atoms with van der Waals surface area (Å²) in [6, 6.07) is 4.89. The zero-order valence-corrected chi connectivity index (χ0v) is 37.4. The van der Waals surface area contributed by atoms with Crippen molar-refractivity contribution in [1.82, 2.24) is 30.2 Å². The molecule has 0 saturated carbocycles. The van der Waals surface area contributed by atoms with E-state index in [2.05, 4.69) is 25.3 Å². The fraction of sp³-hybridized carbons (Fsp3) is 0.419. The number of hydrogen-bond acceptors (Lipinski definition) is 8. The molecule has 0 radical (unpaired) electrons. The molecule has 4 N–H and O–H groups in total. The first kappa shape index (κ1) is 60.6. The van der Waals surface area contributed by atoms with Crippen molar-refractivity contribution in [1.29, 1.82) is 0 Å². The Morgan fingerprint density at radius 2 is 0.945 bits per heavy atom. The number of halogens is 18. The van der Waals surface area contributed by atoms with E-state index in [4.69, 9.17) is 19.8 Å². The molecule has 2 aliphatic heterocycles. The third-order valence-corrected chi connectivity index (χ3v) is 10.1. The molecular weight excluding hydrogens is 1040 g/mol. The Bertz CT molecular complexity index is 2510. The van der Waals surface area contributed by atoms with E-state index in [0.717, 1.165) is 25.9 Å². The van der Waals surface area contributed by atoms with Crippen molar-refractivity contribution in [2.45, 2.75) is 89.1 Å². The predicted molar refractivity (Wildman–Crippen MR) is 218 cm³/mol. The summed E-state index contributed by atoms with van der Waals surface area (Å²) in [5.74, 6) is -4.92. The molecule has 4 heterocycles. The Labute approximate surface area is 399 Å². The number of piperidine rings is 1. The molecule has 2 aromatic heterocycles. The molecule has 402 valence electrons. The molecule has 12 nitrogen and oxygen atoms in total. The van der Waals surface area contributed by atoms with Crippen LogP contribution in [-0.4, -0.2) is 96.2 Å². The molecule has 1 amide bonds. The minimum absolute atomic E-state index is 0.0316. The average Bonchev–Trinajstić information content (AvgIpc) is 3.27. The lowest BCUT2D eigenvalue weighted by atomic mass is 9.80. The van der Waals surface area contributed by atoms with Crippen LogP contribution in [0.15, 0.2) is 67.0 Å². The third kappa shape index (κ3) is 18.1. The third-order valence-electron chi connectivity index (χ3n) is 10.1. The largest absolute Gasteiger partial charge is 0.490 e. The van der Waals surface area contributed by atoms with Crippen LogP contribution in [0.5, 0.6) is 0 Å². The number of carboxylic acids is 2. The second kappa shape index (κ2) is 23.0. The van der Waals surface area contributed by atoms with Gasteiger partial charge in [-0.1, -0.05) is 26.8 Å². The van der Waals surface area contributed by atoms with E-state index >= 15 is 0 Å². The van der Waals surface area contributed by atoms with Gasteiger partial charge in [0.1, 0.15) is 5.82 Å². The molecule has 1 saturated heterocycles. The van der Waals surface area contributed by atoms with Crippen molar-refractivity contribution < 1.29 is 109 Å². The molecule has 30 heteroatoms. The van der Waals surface area contributed by atoms with Gasteiger partial charge in [0.15, 0.2) is 5.82 Å². The zero-order chi connectivity index (χ0) is 55.9. The SMILES string of the molecule is CC(C)(C)C1CC(c2nccc(-c3cc(C(F)(F)F)cc(C(F)(F)F)c3)n2)=CCN1C(=O)O.FC(F)(F)c1cc(-c2ccnc(C3CCNCC3)n2)cc(C(F)(F)F)c1.O=C(O)C(F)(F)F.O=C(O)C(F)(F)F. The molecule has 1 fully saturated rings. The first-order valence-electron chi connectivity index (χ1n) is 20.4. The number of aromatic nitrogens is 4. The van der Waals surface area contributed by atoms with Crippen molar-refractivity contribution in [3.05, 3.63) is 101 Å². The van der Waals surface area contributed by atoms with Crippen LogP contribution in [0.2, 0.25) is 0 Å². The first-order chi connectivity index (χ1) is 33.1. The van der Waals surface area contributed by atoms with E-state index < -0.39 is 88.8 Å². The van der Waals surface area contributed by atoms with Crippen molar-refractivity contribution in [2.24, 2.45) is 5.41 Å². The fourth-order valence-electron chi connectivity index (χ4n) is 6.60. The van der Waals surface area contributed by atoms with Gasteiger partial charge in [-0.3, -0.25) is 0 Å². The number of hydrogen-bond donors (Lipinski definition) is 4. The summed E-state index contributed by atoms with van der Waals surface area (Å²) >= 11 is 0. The number of nitrogens with one attached hydrogen (secondary N) is 1. The quantitative estimate of drug-likeness (QED) is 0.143. The lowest BCUT2D eigenvalue weighted by Crippen LogP contribution is -2.48. The molecule has 4 aromatic rings. The van der Waals surface area contributed by atoms with Gasteiger partial charge >= 0.3 is 55.1 Å². The standard InChI is InChI=1S/C22H21F6N3O2.C17H15F6N3.2C2HF3O2/c1-20(2,3)17-10-12(5-7-31(17)19(32)33)18-29-6-4-16(30-18)13-8-14(21(23,24)25)11-15(9-13)22(26,27)28;18-16(19,20)12-7-11(8-13(9-12)17(21,22)23)14-3-6-25-15(26-14)10-1-4-24-5-2-10;2*3-2(4,5)1(6)7/h4-6,8-9,11,17H,7,10H2,1-3H3,(H,32,33);3,6-10,24H,1-2,4-5H2;2*(H,6,7). The summed E-state index contributed by atoms with van der Waals surface area (Å²) in [6.07, 6.45) is -25.0. The van der Waals surface area contributed by atoms with Crippen LogP contribution in [0.4, 0.5) is 83.8 Å². The topological polar surface area (TPSA) is 179 Å². The number of rotatable bonds is 4. The molecule has 73 heavy (non-hydrogen) atoms. The average molecular weight is 1080 g/mol. The van der Waals surface area contributed by atoms with E-state index in [0.29, 0.717) is 35.7 Å². The van der Waals surface area contributed by atoms with E-state index in [-0.39, 0.29) is 59.4 Å². The smallest absolute Gasteiger partial charge is 0.475 e. The van der Waals surface area contributed by atoms with E-state index in [1.165, 1.54) is 29.4 Å². The van der Waals surface area contributed by atoms with Gasteiger partial charge in [-0.05, 0) is 91.9 Å². The van der Waals surface area contributed by atoms with Crippen LogP contribution < -0.4 is 5.32 Å². The maximum atomic E-state index is 13.2. The molecule has 0 spiro atoms. The Hall–Kier alpha value is -6.75. The minimum atomic E-state index is -5.08. The van der Waals surface area contributed by atoms with Gasteiger partial charge in [-0.25, -0.2) is 34.3 Å². The highest BCUT2D eigenvalue weighted by Crippen LogP contribution is 2.41. The van der Waals surface area contributed by atoms with Gasteiger partial charge in [0, 0.05) is 42.0 Å². The highest BCUT2D eigenvalue weighted by Gasteiger charge is 2.41. The molecule has 1 atom stereocenters. The van der Waals surface area contributed by atoms with Gasteiger partial charge in [-0.15, -0.1) is 0 Å². The second-order valence-corrected chi connectivity index (χ2v) is 16.5. The van der Waals surface area contributed by atoms with Crippen molar-refractivity contribution in [3.8, 4) is 22.5 Å².